The summed E-state index contributed by atoms with van der Waals surface area (Å²) in [6, 6.07) is 0.784. The van der Waals surface area contributed by atoms with E-state index in [-0.39, 0.29) is 12.0 Å². The van der Waals surface area contributed by atoms with Gasteiger partial charge in [0.2, 0.25) is 0 Å². The second-order valence-corrected chi connectivity index (χ2v) is 6.02. The summed E-state index contributed by atoms with van der Waals surface area (Å²) in [5.74, 6) is 0.707. The molecule has 2 rings (SSSR count). The van der Waals surface area contributed by atoms with Crippen molar-refractivity contribution in [3.8, 4) is 0 Å². The van der Waals surface area contributed by atoms with Crippen molar-refractivity contribution >= 4 is 0 Å². The van der Waals surface area contributed by atoms with Crippen molar-refractivity contribution in [2.24, 2.45) is 11.3 Å². The fourth-order valence-corrected chi connectivity index (χ4v) is 2.63. The van der Waals surface area contributed by atoms with Crippen LogP contribution in [0.5, 0.6) is 0 Å². The van der Waals surface area contributed by atoms with Crippen LogP contribution in [0, 0.1) is 11.3 Å². The molecule has 3 nitrogen and oxygen atoms in total. The van der Waals surface area contributed by atoms with E-state index >= 15 is 0 Å². The Labute approximate surface area is 98.8 Å². The maximum absolute atomic E-state index is 9.60. The molecule has 1 atom stereocenters. The van der Waals surface area contributed by atoms with Crippen LogP contribution in [0.25, 0.3) is 0 Å². The Kier molecular flexibility index (Phi) is 3.88. The van der Waals surface area contributed by atoms with E-state index in [1.54, 1.807) is 0 Å². The normalized spacial score (nSPS) is 30.6. The molecular weight excluding hydrogens is 202 g/mol. The molecular formula is C13H25NO2. The SMILES string of the molecule is CC(C)CN(CC1(CO)CCOC1)C1CC1. The Balaban J connectivity index is 1.92. The Morgan fingerprint density at radius 2 is 2.19 bits per heavy atom. The van der Waals surface area contributed by atoms with Gasteiger partial charge in [0.25, 0.3) is 0 Å². The molecule has 1 unspecified atom stereocenters. The van der Waals surface area contributed by atoms with Gasteiger partial charge in [-0.1, -0.05) is 13.8 Å². The zero-order valence-corrected chi connectivity index (χ0v) is 10.6. The first kappa shape index (κ1) is 12.3. The molecule has 94 valence electrons. The highest BCUT2D eigenvalue weighted by molar-refractivity contribution is 4.92. The molecule has 0 radical (unpaired) electrons. The number of aliphatic hydroxyl groups is 1. The first-order valence-electron chi connectivity index (χ1n) is 6.58. The van der Waals surface area contributed by atoms with Gasteiger partial charge in [-0.3, -0.25) is 4.90 Å². The highest BCUT2D eigenvalue weighted by Gasteiger charge is 2.40. The quantitative estimate of drug-likeness (QED) is 0.746. The van der Waals surface area contributed by atoms with Crippen LogP contribution < -0.4 is 0 Å². The van der Waals surface area contributed by atoms with Crippen molar-refractivity contribution in [1.82, 2.24) is 4.90 Å². The Bertz CT molecular complexity index is 220. The van der Waals surface area contributed by atoms with Crippen LogP contribution in [0.1, 0.15) is 33.1 Å². The van der Waals surface area contributed by atoms with Crippen LogP contribution >= 0.6 is 0 Å². The molecule has 1 heterocycles. The number of hydrogen-bond donors (Lipinski definition) is 1. The maximum atomic E-state index is 9.60. The van der Waals surface area contributed by atoms with Crippen LogP contribution in [-0.2, 0) is 4.74 Å². The first-order valence-corrected chi connectivity index (χ1v) is 6.58. The van der Waals surface area contributed by atoms with Gasteiger partial charge in [-0.05, 0) is 25.2 Å². The largest absolute Gasteiger partial charge is 0.396 e. The Morgan fingerprint density at radius 1 is 1.44 bits per heavy atom. The zero-order chi connectivity index (χ0) is 11.6. The third kappa shape index (κ3) is 2.96. The summed E-state index contributed by atoms with van der Waals surface area (Å²) < 4.78 is 5.47. The van der Waals surface area contributed by atoms with Crippen LogP contribution in [0.3, 0.4) is 0 Å². The maximum Gasteiger partial charge on any atom is 0.0557 e. The summed E-state index contributed by atoms with van der Waals surface area (Å²) in [7, 11) is 0. The number of hydrogen-bond acceptors (Lipinski definition) is 3. The standard InChI is InChI=1S/C13H25NO2/c1-11(2)7-14(12-3-4-12)8-13(9-15)5-6-16-10-13/h11-12,15H,3-10H2,1-2H3. The third-order valence-electron chi connectivity index (χ3n) is 3.72. The predicted molar refractivity (Wildman–Crippen MR) is 64.4 cm³/mol. The van der Waals surface area contributed by atoms with E-state index in [4.69, 9.17) is 4.74 Å². The fraction of sp³-hybridized carbons (Fsp3) is 1.00. The van der Waals surface area contributed by atoms with Crippen LogP contribution in [0.2, 0.25) is 0 Å². The van der Waals surface area contributed by atoms with E-state index < -0.39 is 0 Å². The van der Waals surface area contributed by atoms with Gasteiger partial charge in [0.05, 0.1) is 13.2 Å². The number of nitrogens with zero attached hydrogens (tertiary/aromatic N) is 1. The van der Waals surface area contributed by atoms with E-state index in [2.05, 4.69) is 18.7 Å². The van der Waals surface area contributed by atoms with Crippen molar-refractivity contribution in [3.63, 3.8) is 0 Å². The van der Waals surface area contributed by atoms with E-state index in [0.29, 0.717) is 5.92 Å². The first-order chi connectivity index (χ1) is 7.65. The van der Waals surface area contributed by atoms with Crippen molar-refractivity contribution < 1.29 is 9.84 Å². The zero-order valence-electron chi connectivity index (χ0n) is 10.6. The summed E-state index contributed by atoms with van der Waals surface area (Å²) in [5, 5.41) is 9.60. The molecule has 1 saturated carbocycles. The van der Waals surface area contributed by atoms with E-state index in [1.807, 2.05) is 0 Å². The van der Waals surface area contributed by atoms with Gasteiger partial charge < -0.3 is 9.84 Å². The van der Waals surface area contributed by atoms with Crippen molar-refractivity contribution in [1.29, 1.82) is 0 Å². The van der Waals surface area contributed by atoms with Gasteiger partial charge in [-0.25, -0.2) is 0 Å². The van der Waals surface area contributed by atoms with Gasteiger partial charge in [0, 0.05) is 31.2 Å². The van der Waals surface area contributed by atoms with Crippen molar-refractivity contribution in [2.75, 3.05) is 32.9 Å². The lowest BCUT2D eigenvalue weighted by atomic mass is 9.87. The number of ether oxygens (including phenoxy) is 1. The molecule has 0 aromatic heterocycles. The minimum Gasteiger partial charge on any atom is -0.396 e. The molecule has 1 aliphatic carbocycles. The summed E-state index contributed by atoms with van der Waals surface area (Å²) >= 11 is 0. The van der Waals surface area contributed by atoms with Gasteiger partial charge >= 0.3 is 0 Å². The molecule has 2 fully saturated rings. The summed E-state index contributed by atoms with van der Waals surface area (Å²) in [5.41, 5.74) is 0.0253. The predicted octanol–water partition coefficient (Wildman–Crippen LogP) is 1.51. The second-order valence-electron chi connectivity index (χ2n) is 6.02. The molecule has 0 aromatic rings. The second kappa shape index (κ2) is 5.03. The molecule has 3 heteroatoms. The van der Waals surface area contributed by atoms with Gasteiger partial charge in [0.1, 0.15) is 0 Å². The lowest BCUT2D eigenvalue weighted by molar-refractivity contribution is 0.0500. The smallest absolute Gasteiger partial charge is 0.0557 e. The monoisotopic (exact) mass is 227 g/mol. The van der Waals surface area contributed by atoms with E-state index in [1.165, 1.54) is 12.8 Å². The minimum absolute atomic E-state index is 0.0253. The summed E-state index contributed by atoms with van der Waals surface area (Å²) in [4.78, 5) is 2.58. The fourth-order valence-electron chi connectivity index (χ4n) is 2.63. The molecule has 1 saturated heterocycles. The van der Waals surface area contributed by atoms with Crippen molar-refractivity contribution in [2.45, 2.75) is 39.2 Å². The third-order valence-corrected chi connectivity index (χ3v) is 3.72. The molecule has 1 aliphatic heterocycles. The molecule has 2 aliphatic rings. The average Bonchev–Trinajstić information content (AvgIpc) is 2.99. The molecule has 0 aromatic carbocycles. The van der Waals surface area contributed by atoms with Crippen LogP contribution in [0.4, 0.5) is 0 Å². The van der Waals surface area contributed by atoms with Gasteiger partial charge in [-0.15, -0.1) is 0 Å². The summed E-state index contributed by atoms with van der Waals surface area (Å²) in [6.45, 7) is 8.55. The van der Waals surface area contributed by atoms with Crippen LogP contribution in [-0.4, -0.2) is 49.0 Å². The molecule has 1 N–H and O–H groups in total. The topological polar surface area (TPSA) is 32.7 Å². The van der Waals surface area contributed by atoms with Crippen molar-refractivity contribution in [3.05, 3.63) is 0 Å². The average molecular weight is 227 g/mol. The number of rotatable bonds is 6. The summed E-state index contributed by atoms with van der Waals surface area (Å²) in [6.07, 6.45) is 3.70. The van der Waals surface area contributed by atoms with E-state index in [9.17, 15) is 5.11 Å². The Hall–Kier alpha value is -0.120. The molecule has 0 spiro atoms. The lowest BCUT2D eigenvalue weighted by Gasteiger charge is -2.34. The molecule has 16 heavy (non-hydrogen) atoms. The highest BCUT2D eigenvalue weighted by atomic mass is 16.5. The van der Waals surface area contributed by atoms with Crippen LogP contribution in [0.15, 0.2) is 0 Å². The highest BCUT2D eigenvalue weighted by Crippen LogP contribution is 2.34. The number of aliphatic hydroxyl groups excluding tert-OH is 1. The van der Waals surface area contributed by atoms with E-state index in [0.717, 1.165) is 38.8 Å². The van der Waals surface area contributed by atoms with Gasteiger partial charge in [0.15, 0.2) is 0 Å². The molecule has 0 bridgehead atoms. The Morgan fingerprint density at radius 3 is 2.62 bits per heavy atom. The molecule has 0 amide bonds. The van der Waals surface area contributed by atoms with Gasteiger partial charge in [-0.2, -0.15) is 0 Å². The minimum atomic E-state index is 0.0253. The lowest BCUT2D eigenvalue weighted by Crippen LogP contribution is -2.43.